The molecule has 2 aliphatic rings. The minimum atomic E-state index is -0.717. The van der Waals surface area contributed by atoms with E-state index in [4.69, 9.17) is 18.9 Å². The summed E-state index contributed by atoms with van der Waals surface area (Å²) in [5, 5.41) is 20.2. The number of hydrogen-bond donors (Lipinski definition) is 4. The third-order valence-electron chi connectivity index (χ3n) is 11.8. The van der Waals surface area contributed by atoms with E-state index in [2.05, 4.69) is 41.4 Å². The van der Waals surface area contributed by atoms with E-state index in [-0.39, 0.29) is 55.5 Å². The summed E-state index contributed by atoms with van der Waals surface area (Å²) in [6.07, 6.45) is 8.25. The predicted octanol–water partition coefficient (Wildman–Crippen LogP) is 5.54. The zero-order chi connectivity index (χ0) is 48.4. The van der Waals surface area contributed by atoms with Gasteiger partial charge in [-0.25, -0.2) is 9.97 Å². The predicted molar refractivity (Wildman–Crippen MR) is 255 cm³/mol. The first-order valence-electron chi connectivity index (χ1n) is 23.5. The second-order valence-corrected chi connectivity index (χ2v) is 16.8. The van der Waals surface area contributed by atoms with Gasteiger partial charge in [0.15, 0.2) is 11.6 Å². The van der Waals surface area contributed by atoms with E-state index in [1.54, 1.807) is 36.5 Å². The molecule has 364 valence electrons. The van der Waals surface area contributed by atoms with Crippen molar-refractivity contribution >= 4 is 40.9 Å². The number of aromatic nitrogens is 5. The van der Waals surface area contributed by atoms with E-state index in [1.807, 2.05) is 61.0 Å². The van der Waals surface area contributed by atoms with Crippen LogP contribution in [0.3, 0.4) is 0 Å². The average Bonchev–Trinajstić information content (AvgIpc) is 3.90. The number of piperidine rings is 1. The van der Waals surface area contributed by atoms with Crippen molar-refractivity contribution in [1.82, 2.24) is 40.3 Å². The molecule has 19 nitrogen and oxygen atoms in total. The summed E-state index contributed by atoms with van der Waals surface area (Å²) in [5.74, 6) is 0.641. The maximum Gasteiger partial charge on any atom is 0.255 e. The zero-order valence-electron chi connectivity index (χ0n) is 39.1. The first kappa shape index (κ1) is 49.8. The maximum atomic E-state index is 13.3. The minimum absolute atomic E-state index is 0.177. The molecule has 2 unspecified atom stereocenters. The molecule has 4 heterocycles. The van der Waals surface area contributed by atoms with Crippen LogP contribution in [0.2, 0.25) is 0 Å². The Bertz CT molecular complexity index is 2540. The molecule has 0 bridgehead atoms. The summed E-state index contributed by atoms with van der Waals surface area (Å²) >= 11 is 0. The summed E-state index contributed by atoms with van der Waals surface area (Å²) < 4.78 is 24.9. The van der Waals surface area contributed by atoms with Gasteiger partial charge in [-0.1, -0.05) is 30.7 Å². The van der Waals surface area contributed by atoms with Gasteiger partial charge in [0, 0.05) is 73.9 Å². The number of fused-ring (bicyclic) bond motifs is 1. The van der Waals surface area contributed by atoms with Gasteiger partial charge >= 0.3 is 0 Å². The van der Waals surface area contributed by atoms with Crippen molar-refractivity contribution in [3.8, 4) is 17.3 Å². The maximum absolute atomic E-state index is 13.3. The molecule has 5 amide bonds. The summed E-state index contributed by atoms with van der Waals surface area (Å²) in [5.41, 5.74) is 4.60. The molecular weight excluding hydrogens is 885 g/mol. The summed E-state index contributed by atoms with van der Waals surface area (Å²) in [4.78, 5) is 72.6. The van der Waals surface area contributed by atoms with E-state index in [0.717, 1.165) is 48.5 Å². The van der Waals surface area contributed by atoms with Crippen LogP contribution in [-0.2, 0) is 48.7 Å². The van der Waals surface area contributed by atoms with Crippen LogP contribution in [0, 0.1) is 0 Å². The second kappa shape index (κ2) is 25.3. The number of amides is 5. The standard InChI is InChI=1S/C50H60N10O9/c1-34(54-48(63)36-12-7-13-37(29-36)52-31-44-57-58-47(59(44)2)42-20-21-51-33-53-42)35-11-8-14-38(30-35)69-24-6-4-3-5-22-66-25-27-68-28-26-67-23-10-17-45(61)55-41-16-9-15-39-40(41)32-60(50(39)65)43-18-19-46(62)56-49(43)64/h7-9,11-16,20-21,29-30,33-34,43,52H,3-6,10,17-19,22-28,31-32H2,1-2H3,(H,54,63)(H,55,61)(H,56,62,64). The third kappa shape index (κ3) is 14.2. The van der Waals surface area contributed by atoms with Crippen molar-refractivity contribution in [2.24, 2.45) is 7.05 Å². The van der Waals surface area contributed by atoms with Crippen molar-refractivity contribution in [2.45, 2.75) is 83.5 Å². The van der Waals surface area contributed by atoms with E-state index >= 15 is 0 Å². The van der Waals surface area contributed by atoms with Gasteiger partial charge in [-0.2, -0.15) is 0 Å². The van der Waals surface area contributed by atoms with Gasteiger partial charge in [0.1, 0.15) is 23.8 Å². The Morgan fingerprint density at radius 1 is 0.841 bits per heavy atom. The van der Waals surface area contributed by atoms with Crippen molar-refractivity contribution in [3.05, 3.63) is 113 Å². The van der Waals surface area contributed by atoms with Crippen LogP contribution < -0.4 is 26.0 Å². The number of nitrogens with zero attached hydrogens (tertiary/aromatic N) is 6. The molecule has 3 aromatic carbocycles. The van der Waals surface area contributed by atoms with E-state index < -0.39 is 11.9 Å². The van der Waals surface area contributed by atoms with Gasteiger partial charge in [0.2, 0.25) is 17.7 Å². The first-order chi connectivity index (χ1) is 33.6. The molecule has 0 radical (unpaired) electrons. The van der Waals surface area contributed by atoms with Gasteiger partial charge in [-0.15, -0.1) is 10.2 Å². The van der Waals surface area contributed by atoms with Crippen LogP contribution in [0.25, 0.3) is 11.5 Å². The molecule has 1 fully saturated rings. The number of carbonyl (C=O) groups is 5. The van der Waals surface area contributed by atoms with Gasteiger partial charge < -0.3 is 44.4 Å². The first-order valence-corrected chi connectivity index (χ1v) is 23.5. The molecule has 1 saturated heterocycles. The van der Waals surface area contributed by atoms with Gasteiger partial charge in [-0.3, -0.25) is 29.3 Å². The van der Waals surface area contributed by atoms with Crippen molar-refractivity contribution in [1.29, 1.82) is 0 Å². The molecule has 0 spiro atoms. The lowest BCUT2D eigenvalue weighted by atomic mass is 10.0. The molecular formula is C50H60N10O9. The lowest BCUT2D eigenvalue weighted by Crippen LogP contribution is -2.52. The third-order valence-corrected chi connectivity index (χ3v) is 11.8. The fraction of sp³-hybridized carbons (Fsp3) is 0.420. The van der Waals surface area contributed by atoms with Crippen molar-refractivity contribution < 1.29 is 42.9 Å². The Hall–Kier alpha value is -7.09. The van der Waals surface area contributed by atoms with E-state index in [9.17, 15) is 24.0 Å². The number of imide groups is 1. The summed E-state index contributed by atoms with van der Waals surface area (Å²) in [7, 11) is 1.88. The van der Waals surface area contributed by atoms with Gasteiger partial charge in [0.05, 0.1) is 45.6 Å². The quantitative estimate of drug-likeness (QED) is 0.0374. The minimum Gasteiger partial charge on any atom is -0.494 e. The molecule has 0 saturated carbocycles. The molecule has 69 heavy (non-hydrogen) atoms. The highest BCUT2D eigenvalue weighted by molar-refractivity contribution is 6.06. The molecule has 19 heteroatoms. The van der Waals surface area contributed by atoms with E-state index in [0.29, 0.717) is 93.1 Å². The van der Waals surface area contributed by atoms with Crippen LogP contribution in [-0.4, -0.2) is 111 Å². The highest BCUT2D eigenvalue weighted by Crippen LogP contribution is 2.32. The van der Waals surface area contributed by atoms with Gasteiger partial charge in [0.25, 0.3) is 11.8 Å². The normalized spacial score (nSPS) is 14.8. The lowest BCUT2D eigenvalue weighted by molar-refractivity contribution is -0.137. The number of rotatable bonds is 27. The summed E-state index contributed by atoms with van der Waals surface area (Å²) in [6, 6.07) is 21.1. The number of hydrogen-bond acceptors (Lipinski definition) is 14. The van der Waals surface area contributed by atoms with Crippen molar-refractivity contribution in [3.63, 3.8) is 0 Å². The topological polar surface area (TPSA) is 230 Å². The fourth-order valence-corrected chi connectivity index (χ4v) is 7.99. The average molecular weight is 945 g/mol. The lowest BCUT2D eigenvalue weighted by Gasteiger charge is -2.29. The Kier molecular flexibility index (Phi) is 18.3. The van der Waals surface area contributed by atoms with Crippen LogP contribution in [0.5, 0.6) is 5.75 Å². The molecule has 2 atom stereocenters. The van der Waals surface area contributed by atoms with Crippen LogP contribution in [0.4, 0.5) is 11.4 Å². The Labute approximate surface area is 401 Å². The summed E-state index contributed by atoms with van der Waals surface area (Å²) in [6.45, 7) is 6.00. The largest absolute Gasteiger partial charge is 0.494 e. The molecule has 2 aromatic heterocycles. The zero-order valence-corrected chi connectivity index (χ0v) is 39.1. The fourth-order valence-electron chi connectivity index (χ4n) is 7.99. The molecule has 5 aromatic rings. The number of ether oxygens (including phenoxy) is 4. The second-order valence-electron chi connectivity index (χ2n) is 16.8. The number of carbonyl (C=O) groups excluding carboxylic acids is 5. The number of nitrogens with one attached hydrogen (secondary N) is 4. The molecule has 0 aliphatic carbocycles. The van der Waals surface area contributed by atoms with Crippen molar-refractivity contribution in [2.75, 3.05) is 56.9 Å². The number of benzene rings is 3. The van der Waals surface area contributed by atoms with Crippen LogP contribution in [0.15, 0.2) is 85.3 Å². The number of unbranched alkanes of at least 4 members (excludes halogenated alkanes) is 3. The molecule has 7 rings (SSSR count). The monoisotopic (exact) mass is 944 g/mol. The van der Waals surface area contributed by atoms with E-state index in [1.165, 1.54) is 11.2 Å². The highest BCUT2D eigenvalue weighted by Gasteiger charge is 2.40. The SMILES string of the molecule is CC(NC(=O)c1cccc(NCc2nnc(-c3ccncn3)n2C)c1)c1cccc(OCCCCCCOCCOCCOCCCC(=O)Nc2cccc3c2CN(C2CCC(=O)NC2=O)C3=O)c1. The van der Waals surface area contributed by atoms with Crippen LogP contribution >= 0.6 is 0 Å². The van der Waals surface area contributed by atoms with Crippen LogP contribution in [0.1, 0.15) is 102 Å². The number of anilines is 2. The Morgan fingerprint density at radius 2 is 1.59 bits per heavy atom. The Balaban J connectivity index is 0.675. The Morgan fingerprint density at radius 3 is 2.38 bits per heavy atom. The molecule has 2 aliphatic heterocycles. The highest BCUT2D eigenvalue weighted by atomic mass is 16.5. The smallest absolute Gasteiger partial charge is 0.255 e. The van der Waals surface area contributed by atoms with Gasteiger partial charge in [-0.05, 0) is 93.1 Å². The molecule has 4 N–H and O–H groups in total.